The monoisotopic (exact) mass is 262 g/mol. The van der Waals surface area contributed by atoms with Crippen molar-refractivity contribution in [3.05, 3.63) is 0 Å². The summed E-state index contributed by atoms with van der Waals surface area (Å²) in [7, 11) is 0. The van der Waals surface area contributed by atoms with Crippen LogP contribution in [0.3, 0.4) is 0 Å². The highest BCUT2D eigenvalue weighted by Gasteiger charge is 2.80. The van der Waals surface area contributed by atoms with Crippen LogP contribution in [-0.2, 0) is 0 Å². The molecule has 0 saturated carbocycles. The molecule has 1 aliphatic rings. The summed E-state index contributed by atoms with van der Waals surface area (Å²) in [6.07, 6.45) is 0. The molecule has 2 nitrogen and oxygen atoms in total. The van der Waals surface area contributed by atoms with Gasteiger partial charge in [-0.1, -0.05) is 0 Å². The van der Waals surface area contributed by atoms with Crippen molar-refractivity contribution in [2.45, 2.75) is 24.2 Å². The zero-order valence-electron chi connectivity index (χ0n) is 7.06. The molecule has 1 rings (SSSR count). The minimum absolute atomic E-state index is 0.498. The van der Waals surface area contributed by atoms with E-state index in [4.69, 9.17) is 0 Å². The van der Waals surface area contributed by atoms with Gasteiger partial charge in [0.25, 0.3) is 0 Å². The third kappa shape index (κ3) is 1.44. The third-order valence-corrected chi connectivity index (χ3v) is 1.87. The SMILES string of the molecule is FCN1C(F)(F)C(F)(F)NC(F)(F)C1(F)F. The van der Waals surface area contributed by atoms with E-state index in [2.05, 4.69) is 0 Å². The second-order valence-electron chi connectivity index (χ2n) is 2.90. The van der Waals surface area contributed by atoms with Crippen LogP contribution in [0.4, 0.5) is 39.5 Å². The van der Waals surface area contributed by atoms with E-state index < -0.39 is 41.2 Å². The Kier molecular flexibility index (Phi) is 2.63. The van der Waals surface area contributed by atoms with Crippen molar-refractivity contribution in [3.63, 3.8) is 0 Å². The summed E-state index contributed by atoms with van der Waals surface area (Å²) in [6.45, 7) is -2.87. The normalized spacial score (nSPS) is 31.3. The number of nitrogens with zero attached hydrogens (tertiary/aromatic N) is 1. The number of alkyl halides is 9. The van der Waals surface area contributed by atoms with Crippen LogP contribution in [0.1, 0.15) is 0 Å². The highest BCUT2D eigenvalue weighted by molar-refractivity contribution is 4.99. The molecule has 0 aromatic rings. The van der Waals surface area contributed by atoms with E-state index in [0.29, 0.717) is 0 Å². The van der Waals surface area contributed by atoms with Crippen molar-refractivity contribution in [1.29, 1.82) is 0 Å². The first-order chi connectivity index (χ1) is 6.90. The van der Waals surface area contributed by atoms with Gasteiger partial charge in [-0.3, -0.25) is 0 Å². The second-order valence-corrected chi connectivity index (χ2v) is 2.90. The van der Waals surface area contributed by atoms with Crippen LogP contribution >= 0.6 is 0 Å². The van der Waals surface area contributed by atoms with Gasteiger partial charge in [-0.15, -0.1) is 4.90 Å². The molecule has 1 N–H and O–H groups in total. The number of halogens is 9. The molecule has 0 bridgehead atoms. The first-order valence-electron chi connectivity index (χ1n) is 3.54. The molecule has 0 radical (unpaired) electrons. The van der Waals surface area contributed by atoms with Crippen molar-refractivity contribution >= 4 is 0 Å². The average Bonchev–Trinajstić information content (AvgIpc) is 1.99. The first kappa shape index (κ1) is 13.4. The van der Waals surface area contributed by atoms with Gasteiger partial charge in [-0.2, -0.15) is 40.4 Å². The van der Waals surface area contributed by atoms with Gasteiger partial charge in [0, 0.05) is 0 Å². The lowest BCUT2D eigenvalue weighted by Crippen LogP contribution is -2.79. The Labute approximate surface area is 82.0 Å². The van der Waals surface area contributed by atoms with E-state index in [1.807, 2.05) is 0 Å². The molecule has 1 fully saturated rings. The molecule has 0 atom stereocenters. The summed E-state index contributed by atoms with van der Waals surface area (Å²) in [5.41, 5.74) is 0. The molecule has 16 heavy (non-hydrogen) atoms. The van der Waals surface area contributed by atoms with Crippen molar-refractivity contribution in [1.82, 2.24) is 10.2 Å². The van der Waals surface area contributed by atoms with Crippen LogP contribution < -0.4 is 5.32 Å². The molecule has 0 spiro atoms. The van der Waals surface area contributed by atoms with Gasteiger partial charge in [0.1, 0.15) is 0 Å². The molecule has 0 aliphatic carbocycles. The number of nitrogens with one attached hydrogen (secondary N) is 1. The second kappa shape index (κ2) is 3.15. The lowest BCUT2D eigenvalue weighted by Gasteiger charge is -2.47. The fourth-order valence-electron chi connectivity index (χ4n) is 1.01. The van der Waals surface area contributed by atoms with Gasteiger partial charge in [0.15, 0.2) is 6.80 Å². The summed E-state index contributed by atoms with van der Waals surface area (Å²) in [5, 5.41) is -0.498. The van der Waals surface area contributed by atoms with Gasteiger partial charge in [0.2, 0.25) is 0 Å². The lowest BCUT2D eigenvalue weighted by atomic mass is 10.2. The number of rotatable bonds is 1. The quantitative estimate of drug-likeness (QED) is 0.575. The maximum Gasteiger partial charge on any atom is 0.389 e. The highest BCUT2D eigenvalue weighted by Crippen LogP contribution is 2.51. The Hall–Kier alpha value is -0.710. The molecule has 1 aliphatic heterocycles. The predicted octanol–water partition coefficient (Wildman–Crippen LogP) is 2.19. The van der Waals surface area contributed by atoms with E-state index in [1.54, 1.807) is 0 Å². The Balaban J connectivity index is 3.29. The molecule has 96 valence electrons. The highest BCUT2D eigenvalue weighted by atomic mass is 19.3. The Morgan fingerprint density at radius 1 is 0.750 bits per heavy atom. The van der Waals surface area contributed by atoms with Crippen molar-refractivity contribution < 1.29 is 39.5 Å². The van der Waals surface area contributed by atoms with Crippen molar-refractivity contribution in [2.75, 3.05) is 6.80 Å². The van der Waals surface area contributed by atoms with Crippen LogP contribution in [-0.4, -0.2) is 35.9 Å². The summed E-state index contributed by atoms with van der Waals surface area (Å²) in [4.78, 5) is -2.20. The molecule has 0 aromatic carbocycles. The maximum atomic E-state index is 12.5. The van der Waals surface area contributed by atoms with E-state index in [-0.39, 0.29) is 0 Å². The zero-order chi connectivity index (χ0) is 13.0. The Morgan fingerprint density at radius 3 is 1.31 bits per heavy atom. The lowest BCUT2D eigenvalue weighted by molar-refractivity contribution is -0.458. The molecule has 11 heteroatoms. The van der Waals surface area contributed by atoms with Crippen LogP contribution in [0.2, 0.25) is 0 Å². The van der Waals surface area contributed by atoms with E-state index >= 15 is 0 Å². The number of hydrogen-bond acceptors (Lipinski definition) is 2. The van der Waals surface area contributed by atoms with Gasteiger partial charge < -0.3 is 0 Å². The summed E-state index contributed by atoms with van der Waals surface area (Å²) < 4.78 is 112. The van der Waals surface area contributed by atoms with Crippen LogP contribution in [0.15, 0.2) is 0 Å². The third-order valence-electron chi connectivity index (χ3n) is 1.87. The van der Waals surface area contributed by atoms with Crippen molar-refractivity contribution in [3.8, 4) is 0 Å². The minimum atomic E-state index is -5.78. The van der Waals surface area contributed by atoms with Gasteiger partial charge >= 0.3 is 24.2 Å². The summed E-state index contributed by atoms with van der Waals surface area (Å²) >= 11 is 0. The minimum Gasteiger partial charge on any atom is -0.233 e. The molecule has 0 amide bonds. The number of piperazine rings is 1. The van der Waals surface area contributed by atoms with E-state index in [9.17, 15) is 39.5 Å². The fourth-order valence-corrected chi connectivity index (χ4v) is 1.01. The molecule has 0 unspecified atom stereocenters. The van der Waals surface area contributed by atoms with E-state index in [0.717, 1.165) is 0 Å². The molecular formula is C5H3F9N2. The number of hydrogen-bond donors (Lipinski definition) is 1. The fraction of sp³-hybridized carbons (Fsp3) is 1.00. The molecule has 1 saturated heterocycles. The molecule has 0 aromatic heterocycles. The topological polar surface area (TPSA) is 15.3 Å². The van der Waals surface area contributed by atoms with Crippen molar-refractivity contribution in [2.24, 2.45) is 0 Å². The summed E-state index contributed by atoms with van der Waals surface area (Å²) in [6, 6.07) is -23.0. The molecule has 1 heterocycles. The van der Waals surface area contributed by atoms with Crippen LogP contribution in [0, 0.1) is 0 Å². The smallest absolute Gasteiger partial charge is 0.233 e. The maximum absolute atomic E-state index is 12.5. The van der Waals surface area contributed by atoms with Gasteiger partial charge in [-0.05, 0) is 0 Å². The van der Waals surface area contributed by atoms with Crippen LogP contribution in [0.5, 0.6) is 0 Å². The predicted molar refractivity (Wildman–Crippen MR) is 30.7 cm³/mol. The van der Waals surface area contributed by atoms with Gasteiger partial charge in [0.05, 0.1) is 0 Å². The standard InChI is InChI=1S/C5H3F9N2/c6-1-16-4(11,12)2(7,8)15-3(9,10)5(16,13)14/h15H,1H2. The average molecular weight is 262 g/mol. The zero-order valence-corrected chi connectivity index (χ0v) is 7.06. The Morgan fingerprint density at radius 2 is 1.06 bits per heavy atom. The Bertz CT molecular complexity index is 262. The van der Waals surface area contributed by atoms with Crippen LogP contribution in [0.25, 0.3) is 0 Å². The largest absolute Gasteiger partial charge is 0.389 e. The first-order valence-corrected chi connectivity index (χ1v) is 3.54. The molecular weight excluding hydrogens is 259 g/mol. The van der Waals surface area contributed by atoms with Gasteiger partial charge in [-0.25, -0.2) is 4.39 Å². The summed E-state index contributed by atoms with van der Waals surface area (Å²) in [5.74, 6) is 0. The van der Waals surface area contributed by atoms with E-state index in [1.165, 1.54) is 0 Å².